The molecule has 5 heteroatoms. The SMILES string of the molecule is O=Cc1cccc2cc3cccc(-c4c5nc(c(-c6ccccc6)c6ccc([nH]6)c(-c6ccccc6)c6ccc([nH]6)c(-c6ccccc6)c6nc4C=C6)C=C5)c3cc12. The minimum absolute atomic E-state index is 0.659. The summed E-state index contributed by atoms with van der Waals surface area (Å²) in [6.45, 7) is 0. The molecule has 0 amide bonds. The number of aromatic nitrogens is 4. The van der Waals surface area contributed by atoms with Gasteiger partial charge in [0.25, 0.3) is 0 Å². The number of aldehydes is 1. The standard InChI is InChI=1S/C53H34N4O/c58-32-38-20-10-18-36-30-37-19-11-21-39(41(37)31-40(36)38)53-48-28-26-46(56-48)51(34-14-6-2-7-15-34)44-24-22-42(54-44)50(33-12-4-1-5-13-33)43-23-25-45(55-43)52(35-16-8-3-9-17-35)47-27-29-49(53)57-47/h1-32,54-55H. The Morgan fingerprint density at radius 1 is 0.379 bits per heavy atom. The van der Waals surface area contributed by atoms with E-state index in [0.29, 0.717) is 5.56 Å². The lowest BCUT2D eigenvalue weighted by Crippen LogP contribution is -1.93. The highest BCUT2D eigenvalue weighted by Crippen LogP contribution is 2.41. The fourth-order valence-corrected chi connectivity index (χ4v) is 8.61. The number of fused-ring (bicyclic) bond motifs is 10. The van der Waals surface area contributed by atoms with Gasteiger partial charge in [0.15, 0.2) is 6.29 Å². The minimum Gasteiger partial charge on any atom is -0.354 e. The van der Waals surface area contributed by atoms with Gasteiger partial charge in [-0.15, -0.1) is 0 Å². The summed E-state index contributed by atoms with van der Waals surface area (Å²) < 4.78 is 0. The van der Waals surface area contributed by atoms with Gasteiger partial charge in [0.2, 0.25) is 0 Å². The molecule has 0 saturated heterocycles. The van der Waals surface area contributed by atoms with Crippen LogP contribution in [0.4, 0.5) is 0 Å². The molecule has 2 N–H and O–H groups in total. The second-order valence-corrected chi connectivity index (χ2v) is 14.7. The van der Waals surface area contributed by atoms with Gasteiger partial charge in [0, 0.05) is 49.9 Å². The molecule has 11 rings (SSSR count). The van der Waals surface area contributed by atoms with E-state index in [-0.39, 0.29) is 0 Å². The van der Waals surface area contributed by atoms with Crippen molar-refractivity contribution in [1.82, 2.24) is 19.9 Å². The van der Waals surface area contributed by atoms with Gasteiger partial charge >= 0.3 is 0 Å². The van der Waals surface area contributed by atoms with Crippen molar-refractivity contribution in [2.75, 3.05) is 0 Å². The molecule has 5 nitrogen and oxygen atoms in total. The van der Waals surface area contributed by atoms with E-state index in [1.54, 1.807) is 0 Å². The van der Waals surface area contributed by atoms with E-state index >= 15 is 0 Å². The van der Waals surface area contributed by atoms with E-state index in [9.17, 15) is 4.79 Å². The lowest BCUT2D eigenvalue weighted by atomic mass is 9.93. The Bertz CT molecular complexity index is 3200. The van der Waals surface area contributed by atoms with Gasteiger partial charge in [-0.1, -0.05) is 127 Å². The minimum atomic E-state index is 0.659. The van der Waals surface area contributed by atoms with Crippen LogP contribution < -0.4 is 0 Å². The molecule has 58 heavy (non-hydrogen) atoms. The van der Waals surface area contributed by atoms with E-state index in [0.717, 1.165) is 117 Å². The molecular weight excluding hydrogens is 709 g/mol. The van der Waals surface area contributed by atoms with Crippen molar-refractivity contribution in [3.05, 3.63) is 192 Å². The molecule has 0 atom stereocenters. The summed E-state index contributed by atoms with van der Waals surface area (Å²) in [5.41, 5.74) is 16.0. The van der Waals surface area contributed by atoms with Crippen LogP contribution in [0, 0.1) is 0 Å². The predicted octanol–water partition coefficient (Wildman–Crippen LogP) is 13.4. The summed E-state index contributed by atoms with van der Waals surface area (Å²) >= 11 is 0. The number of nitrogens with zero attached hydrogens (tertiary/aromatic N) is 2. The summed E-state index contributed by atoms with van der Waals surface area (Å²) in [5, 5.41) is 4.03. The molecule has 0 spiro atoms. The number of carbonyl (C=O) groups excluding carboxylic acids is 1. The molecule has 9 aromatic rings. The van der Waals surface area contributed by atoms with Crippen LogP contribution in [0.3, 0.4) is 0 Å². The summed E-state index contributed by atoms with van der Waals surface area (Å²) in [6.07, 6.45) is 9.39. The van der Waals surface area contributed by atoms with Gasteiger partial charge in [-0.3, -0.25) is 4.79 Å². The highest BCUT2D eigenvalue weighted by atomic mass is 16.1. The van der Waals surface area contributed by atoms with E-state index in [1.165, 1.54) is 0 Å². The number of rotatable bonds is 5. The average Bonchev–Trinajstić information content (AvgIpc) is 4.12. The van der Waals surface area contributed by atoms with E-state index in [1.807, 2.05) is 30.3 Å². The number of hydrogen-bond donors (Lipinski definition) is 2. The summed E-state index contributed by atoms with van der Waals surface area (Å²) in [6, 6.07) is 56.6. The van der Waals surface area contributed by atoms with Gasteiger partial charge in [0.1, 0.15) is 0 Å². The largest absolute Gasteiger partial charge is 0.354 e. The van der Waals surface area contributed by atoms with Crippen molar-refractivity contribution in [3.8, 4) is 44.5 Å². The van der Waals surface area contributed by atoms with Crippen LogP contribution in [0.25, 0.3) is 112 Å². The maximum absolute atomic E-state index is 12.3. The number of carbonyl (C=O) groups is 1. The smallest absolute Gasteiger partial charge is 0.150 e. The molecule has 8 bridgehead atoms. The Morgan fingerprint density at radius 3 is 1.31 bits per heavy atom. The van der Waals surface area contributed by atoms with Gasteiger partial charge in [0.05, 0.1) is 22.8 Å². The van der Waals surface area contributed by atoms with Crippen molar-refractivity contribution >= 4 is 74.2 Å². The Hall–Kier alpha value is -7.89. The summed E-state index contributed by atoms with van der Waals surface area (Å²) in [5.74, 6) is 0. The lowest BCUT2D eigenvalue weighted by Gasteiger charge is -2.12. The number of aromatic amines is 2. The third-order valence-electron chi connectivity index (χ3n) is 11.3. The zero-order valence-corrected chi connectivity index (χ0v) is 31.3. The van der Waals surface area contributed by atoms with Crippen LogP contribution in [0.1, 0.15) is 33.1 Å². The maximum atomic E-state index is 12.3. The van der Waals surface area contributed by atoms with E-state index in [2.05, 4.69) is 168 Å². The summed E-state index contributed by atoms with van der Waals surface area (Å²) in [7, 11) is 0. The van der Waals surface area contributed by atoms with Gasteiger partial charge < -0.3 is 9.97 Å². The topological polar surface area (TPSA) is 74.4 Å². The van der Waals surface area contributed by atoms with Crippen LogP contribution in [-0.4, -0.2) is 26.2 Å². The van der Waals surface area contributed by atoms with E-state index < -0.39 is 0 Å². The molecule has 0 aliphatic carbocycles. The molecular formula is C53H34N4O. The second-order valence-electron chi connectivity index (χ2n) is 14.7. The van der Waals surface area contributed by atoms with Crippen LogP contribution >= 0.6 is 0 Å². The molecule has 272 valence electrons. The Morgan fingerprint density at radius 2 is 0.810 bits per heavy atom. The molecule has 3 aromatic heterocycles. The molecule has 0 saturated carbocycles. The average molecular weight is 743 g/mol. The normalized spacial score (nSPS) is 12.1. The van der Waals surface area contributed by atoms with Crippen LogP contribution in [0.5, 0.6) is 0 Å². The number of hydrogen-bond acceptors (Lipinski definition) is 3. The van der Waals surface area contributed by atoms with E-state index in [4.69, 9.17) is 9.97 Å². The Balaban J connectivity index is 1.32. The number of nitrogens with one attached hydrogen (secondary N) is 2. The van der Waals surface area contributed by atoms with Crippen molar-refractivity contribution < 1.29 is 4.79 Å². The van der Waals surface area contributed by atoms with Gasteiger partial charge in [-0.25, -0.2) is 9.97 Å². The first-order valence-electron chi connectivity index (χ1n) is 19.4. The van der Waals surface area contributed by atoms with Crippen LogP contribution in [0.2, 0.25) is 0 Å². The monoisotopic (exact) mass is 742 g/mol. The molecule has 0 unspecified atom stereocenters. The third kappa shape index (κ3) is 5.60. The summed E-state index contributed by atoms with van der Waals surface area (Å²) in [4.78, 5) is 30.9. The first-order chi connectivity index (χ1) is 28.7. The Labute approximate surface area is 334 Å². The lowest BCUT2D eigenvalue weighted by molar-refractivity contribution is 0.112. The second kappa shape index (κ2) is 13.7. The fraction of sp³-hybridized carbons (Fsp3) is 0. The molecule has 2 aliphatic heterocycles. The first-order valence-corrected chi connectivity index (χ1v) is 19.4. The maximum Gasteiger partial charge on any atom is 0.150 e. The molecule has 2 aliphatic rings. The molecule has 6 aromatic carbocycles. The Kier molecular flexibility index (Phi) is 7.90. The number of H-pyrrole nitrogens is 2. The van der Waals surface area contributed by atoms with Gasteiger partial charge in [-0.2, -0.15) is 0 Å². The molecule has 0 fully saturated rings. The number of benzene rings is 6. The van der Waals surface area contributed by atoms with Crippen molar-refractivity contribution in [2.45, 2.75) is 0 Å². The molecule has 0 radical (unpaired) electrons. The van der Waals surface area contributed by atoms with Crippen LogP contribution in [-0.2, 0) is 0 Å². The zero-order chi connectivity index (χ0) is 38.6. The van der Waals surface area contributed by atoms with Crippen LogP contribution in [0.15, 0.2) is 164 Å². The zero-order valence-electron chi connectivity index (χ0n) is 31.3. The van der Waals surface area contributed by atoms with Crippen molar-refractivity contribution in [2.24, 2.45) is 0 Å². The highest BCUT2D eigenvalue weighted by molar-refractivity contribution is 6.11. The molecule has 5 heterocycles. The quantitative estimate of drug-likeness (QED) is 0.136. The van der Waals surface area contributed by atoms with Gasteiger partial charge in [-0.05, 0) is 105 Å². The van der Waals surface area contributed by atoms with Crippen molar-refractivity contribution in [1.29, 1.82) is 0 Å². The first kappa shape index (κ1) is 33.4. The third-order valence-corrected chi connectivity index (χ3v) is 11.3. The highest BCUT2D eigenvalue weighted by Gasteiger charge is 2.21. The van der Waals surface area contributed by atoms with Crippen molar-refractivity contribution in [3.63, 3.8) is 0 Å². The fourth-order valence-electron chi connectivity index (χ4n) is 8.61. The predicted molar refractivity (Wildman–Crippen MR) is 241 cm³/mol.